The third kappa shape index (κ3) is 2.55. The van der Waals surface area contributed by atoms with Gasteiger partial charge in [-0.2, -0.15) is 0 Å². The lowest BCUT2D eigenvalue weighted by molar-refractivity contribution is -0.139. The van der Waals surface area contributed by atoms with Crippen LogP contribution >= 0.6 is 15.9 Å². The molecule has 0 N–H and O–H groups in total. The van der Waals surface area contributed by atoms with Crippen molar-refractivity contribution in [3.8, 4) is 0 Å². The first-order valence-electron chi connectivity index (χ1n) is 7.11. The Morgan fingerprint density at radius 3 is 2.19 bits per heavy atom. The highest BCUT2D eigenvalue weighted by Crippen LogP contribution is 2.42. The molecule has 21 heavy (non-hydrogen) atoms. The van der Waals surface area contributed by atoms with Crippen molar-refractivity contribution in [3.63, 3.8) is 0 Å². The van der Waals surface area contributed by atoms with E-state index in [1.807, 2.05) is 0 Å². The summed E-state index contributed by atoms with van der Waals surface area (Å²) in [6.07, 6.45) is 1.52. The third-order valence-corrected chi connectivity index (χ3v) is 4.96. The van der Waals surface area contributed by atoms with Crippen molar-refractivity contribution in [3.05, 3.63) is 34.3 Å². The van der Waals surface area contributed by atoms with E-state index in [0.717, 1.165) is 22.2 Å². The van der Waals surface area contributed by atoms with Crippen molar-refractivity contribution >= 4 is 33.5 Å². The van der Waals surface area contributed by atoms with E-state index in [1.54, 1.807) is 24.3 Å². The van der Waals surface area contributed by atoms with Gasteiger partial charge in [0.05, 0.1) is 18.4 Å². The van der Waals surface area contributed by atoms with E-state index in [4.69, 9.17) is 0 Å². The largest absolute Gasteiger partial charge is 0.292 e. The second kappa shape index (κ2) is 5.37. The van der Waals surface area contributed by atoms with Gasteiger partial charge in [0.15, 0.2) is 5.78 Å². The molecule has 1 aromatic carbocycles. The van der Waals surface area contributed by atoms with E-state index in [9.17, 15) is 14.4 Å². The fourth-order valence-electron chi connectivity index (χ4n) is 3.37. The molecular formula is C16H16BrNO3. The molecule has 1 saturated heterocycles. The number of nitrogens with zero attached hydrogens (tertiary/aromatic N) is 1. The van der Waals surface area contributed by atoms with Crippen LogP contribution in [0.25, 0.3) is 0 Å². The van der Waals surface area contributed by atoms with Crippen LogP contribution in [0.5, 0.6) is 0 Å². The summed E-state index contributed by atoms with van der Waals surface area (Å²) in [4.78, 5) is 38.0. The molecular weight excluding hydrogens is 334 g/mol. The second-order valence-corrected chi connectivity index (χ2v) is 6.90. The van der Waals surface area contributed by atoms with Crippen LogP contribution in [0.3, 0.4) is 0 Å². The average Bonchev–Trinajstić information content (AvgIpc) is 2.93. The Hall–Kier alpha value is -1.49. The Kier molecular flexibility index (Phi) is 3.69. The standard InChI is InChI=1S/C16H16BrNO3/c1-9-6-12-13(7-9)16(21)18(15(12)20)8-14(19)10-2-4-11(17)5-3-10/h2-5,9,12-13H,6-8H2,1H3. The molecule has 4 nitrogen and oxygen atoms in total. The van der Waals surface area contributed by atoms with Crippen molar-refractivity contribution in [1.29, 1.82) is 0 Å². The van der Waals surface area contributed by atoms with Crippen LogP contribution < -0.4 is 0 Å². The second-order valence-electron chi connectivity index (χ2n) is 5.98. The quantitative estimate of drug-likeness (QED) is 0.622. The number of fused-ring (bicyclic) bond motifs is 1. The fourth-order valence-corrected chi connectivity index (χ4v) is 3.64. The molecule has 5 heteroatoms. The number of benzene rings is 1. The van der Waals surface area contributed by atoms with Gasteiger partial charge >= 0.3 is 0 Å². The molecule has 1 aliphatic heterocycles. The van der Waals surface area contributed by atoms with Gasteiger partial charge in [-0.1, -0.05) is 35.0 Å². The zero-order valence-corrected chi connectivity index (χ0v) is 13.3. The Labute approximate surface area is 131 Å². The smallest absolute Gasteiger partial charge is 0.233 e. The highest BCUT2D eigenvalue weighted by molar-refractivity contribution is 9.10. The van der Waals surface area contributed by atoms with E-state index < -0.39 is 0 Å². The maximum atomic E-state index is 12.3. The summed E-state index contributed by atoms with van der Waals surface area (Å²) in [5.74, 6) is -0.524. The lowest BCUT2D eigenvalue weighted by Gasteiger charge is -2.16. The molecule has 0 radical (unpaired) electrons. The number of imide groups is 1. The van der Waals surface area contributed by atoms with E-state index >= 15 is 0 Å². The van der Waals surface area contributed by atoms with Crippen LogP contribution in [0.2, 0.25) is 0 Å². The molecule has 1 aliphatic carbocycles. The maximum absolute atomic E-state index is 12.3. The predicted octanol–water partition coefficient (Wildman–Crippen LogP) is 2.66. The number of amides is 2. The zero-order valence-electron chi connectivity index (χ0n) is 11.7. The number of carbonyl (C=O) groups excluding carboxylic acids is 3. The van der Waals surface area contributed by atoms with Crippen LogP contribution in [-0.2, 0) is 9.59 Å². The van der Waals surface area contributed by atoms with E-state index in [1.165, 1.54) is 0 Å². The average molecular weight is 350 g/mol. The van der Waals surface area contributed by atoms with E-state index in [-0.39, 0.29) is 36.0 Å². The van der Waals surface area contributed by atoms with Gasteiger partial charge in [0.25, 0.3) is 0 Å². The lowest BCUT2D eigenvalue weighted by atomic mass is 10.00. The summed E-state index contributed by atoms with van der Waals surface area (Å²) in [5, 5.41) is 0. The minimum Gasteiger partial charge on any atom is -0.292 e. The Morgan fingerprint density at radius 2 is 1.67 bits per heavy atom. The predicted molar refractivity (Wildman–Crippen MR) is 80.6 cm³/mol. The van der Waals surface area contributed by atoms with Gasteiger partial charge in [0, 0.05) is 10.0 Å². The molecule has 0 spiro atoms. The molecule has 1 saturated carbocycles. The SMILES string of the molecule is CC1CC2C(=O)N(CC(=O)c3ccc(Br)cc3)C(=O)C2C1. The minimum absolute atomic E-state index is 0.138. The first-order chi connectivity index (χ1) is 9.97. The Balaban J connectivity index is 1.74. The van der Waals surface area contributed by atoms with Gasteiger partial charge in [-0.15, -0.1) is 0 Å². The maximum Gasteiger partial charge on any atom is 0.233 e. The lowest BCUT2D eigenvalue weighted by Crippen LogP contribution is -2.36. The number of likely N-dealkylation sites (tertiary alicyclic amines) is 1. The normalized spacial score (nSPS) is 28.1. The third-order valence-electron chi connectivity index (χ3n) is 4.43. The molecule has 0 aromatic heterocycles. The van der Waals surface area contributed by atoms with Crippen LogP contribution in [0.1, 0.15) is 30.1 Å². The topological polar surface area (TPSA) is 54.5 Å². The molecule has 2 atom stereocenters. The van der Waals surface area contributed by atoms with Gasteiger partial charge in [0.1, 0.15) is 0 Å². The summed E-state index contributed by atoms with van der Waals surface area (Å²) >= 11 is 3.31. The number of hydrogen-bond donors (Lipinski definition) is 0. The van der Waals surface area contributed by atoms with Gasteiger partial charge < -0.3 is 0 Å². The van der Waals surface area contributed by atoms with Crippen molar-refractivity contribution < 1.29 is 14.4 Å². The van der Waals surface area contributed by atoms with E-state index in [2.05, 4.69) is 22.9 Å². The fraction of sp³-hybridized carbons (Fsp3) is 0.438. The summed E-state index contributed by atoms with van der Waals surface area (Å²) in [6, 6.07) is 6.94. The number of Topliss-reactive ketones (excluding diaryl/α,β-unsaturated/α-hetero) is 1. The van der Waals surface area contributed by atoms with Crippen LogP contribution in [0.15, 0.2) is 28.7 Å². The highest BCUT2D eigenvalue weighted by atomic mass is 79.9. The van der Waals surface area contributed by atoms with Crippen LogP contribution in [0, 0.1) is 17.8 Å². The van der Waals surface area contributed by atoms with Gasteiger partial charge in [-0.25, -0.2) is 0 Å². The summed E-state index contributed by atoms with van der Waals surface area (Å²) in [5.41, 5.74) is 0.518. The van der Waals surface area contributed by atoms with E-state index in [0.29, 0.717) is 11.5 Å². The number of rotatable bonds is 3. The Morgan fingerprint density at radius 1 is 1.14 bits per heavy atom. The molecule has 110 valence electrons. The van der Waals surface area contributed by atoms with Crippen LogP contribution in [-0.4, -0.2) is 29.0 Å². The first-order valence-corrected chi connectivity index (χ1v) is 7.90. The molecule has 0 bridgehead atoms. The summed E-state index contributed by atoms with van der Waals surface area (Å²) in [6.45, 7) is 1.93. The Bertz CT molecular complexity index is 586. The summed E-state index contributed by atoms with van der Waals surface area (Å²) in [7, 11) is 0. The number of halogens is 1. The molecule has 2 amide bonds. The summed E-state index contributed by atoms with van der Waals surface area (Å²) < 4.78 is 0.885. The van der Waals surface area contributed by atoms with Crippen molar-refractivity contribution in [2.24, 2.45) is 17.8 Å². The first kappa shape index (κ1) is 14.4. The molecule has 2 unspecified atom stereocenters. The monoisotopic (exact) mass is 349 g/mol. The number of hydrogen-bond acceptors (Lipinski definition) is 3. The zero-order chi connectivity index (χ0) is 15.1. The van der Waals surface area contributed by atoms with Gasteiger partial charge in [-0.05, 0) is 30.9 Å². The molecule has 1 heterocycles. The molecule has 2 aliphatic rings. The van der Waals surface area contributed by atoms with Crippen molar-refractivity contribution in [2.45, 2.75) is 19.8 Å². The minimum atomic E-state index is -0.204. The molecule has 2 fully saturated rings. The molecule has 3 rings (SSSR count). The molecule has 1 aromatic rings. The van der Waals surface area contributed by atoms with Crippen molar-refractivity contribution in [2.75, 3.05) is 6.54 Å². The highest BCUT2D eigenvalue weighted by Gasteiger charge is 2.51. The number of ketones is 1. The van der Waals surface area contributed by atoms with Gasteiger partial charge in [-0.3, -0.25) is 19.3 Å². The van der Waals surface area contributed by atoms with Crippen LogP contribution in [0.4, 0.5) is 0 Å². The van der Waals surface area contributed by atoms with Crippen molar-refractivity contribution in [1.82, 2.24) is 4.90 Å². The number of carbonyl (C=O) groups is 3. The van der Waals surface area contributed by atoms with Gasteiger partial charge in [0.2, 0.25) is 11.8 Å².